The Hall–Kier alpha value is -2.76. The fourth-order valence-electron chi connectivity index (χ4n) is 3.93. The van der Waals surface area contributed by atoms with E-state index in [0.29, 0.717) is 32.6 Å². The summed E-state index contributed by atoms with van der Waals surface area (Å²) in [4.78, 5) is 28.9. The van der Waals surface area contributed by atoms with Crippen LogP contribution in [0.25, 0.3) is 0 Å². The first-order valence-electron chi connectivity index (χ1n) is 9.62. The van der Waals surface area contributed by atoms with E-state index in [1.54, 1.807) is 29.2 Å². The van der Waals surface area contributed by atoms with Crippen molar-refractivity contribution in [1.82, 2.24) is 9.80 Å². The van der Waals surface area contributed by atoms with Crippen LogP contribution < -0.4 is 0 Å². The zero-order valence-corrected chi connectivity index (χ0v) is 15.5. The third kappa shape index (κ3) is 3.77. The van der Waals surface area contributed by atoms with Gasteiger partial charge in [0, 0.05) is 32.1 Å². The maximum atomic E-state index is 13.9. The number of hydrogen-bond acceptors (Lipinski definition) is 2. The van der Waals surface area contributed by atoms with E-state index in [0.717, 1.165) is 12.0 Å². The Morgan fingerprint density at radius 2 is 1.54 bits per heavy atom. The molecule has 1 saturated heterocycles. The highest BCUT2D eigenvalue weighted by molar-refractivity contribution is 5.94. The molecule has 0 spiro atoms. The molecule has 28 heavy (non-hydrogen) atoms. The van der Waals surface area contributed by atoms with Gasteiger partial charge in [-0.2, -0.15) is 0 Å². The molecule has 0 N–H and O–H groups in total. The van der Waals surface area contributed by atoms with Crippen LogP contribution in [-0.4, -0.2) is 47.8 Å². The van der Waals surface area contributed by atoms with Crippen molar-refractivity contribution in [2.45, 2.75) is 18.8 Å². The van der Waals surface area contributed by atoms with Crippen LogP contribution in [0.15, 0.2) is 48.5 Å². The third-order valence-corrected chi connectivity index (χ3v) is 5.60. The number of nitrogens with zero attached hydrogens (tertiary/aromatic N) is 2. The van der Waals surface area contributed by atoms with E-state index >= 15 is 0 Å². The van der Waals surface area contributed by atoms with E-state index in [1.807, 2.05) is 4.90 Å². The fourth-order valence-corrected chi connectivity index (χ4v) is 3.93. The molecule has 4 nitrogen and oxygen atoms in total. The Bertz CT molecular complexity index is 884. The Morgan fingerprint density at radius 1 is 0.857 bits per heavy atom. The highest BCUT2D eigenvalue weighted by Gasteiger charge is 2.45. The van der Waals surface area contributed by atoms with Crippen molar-refractivity contribution in [3.05, 3.63) is 71.3 Å². The first-order chi connectivity index (χ1) is 13.5. The summed E-state index contributed by atoms with van der Waals surface area (Å²) in [5.41, 5.74) is 1.06. The van der Waals surface area contributed by atoms with Gasteiger partial charge in [0.1, 0.15) is 11.6 Å². The highest BCUT2D eigenvalue weighted by Crippen LogP contribution is 2.48. The van der Waals surface area contributed by atoms with Gasteiger partial charge in [-0.05, 0) is 48.6 Å². The number of hydrogen-bond donors (Lipinski definition) is 0. The topological polar surface area (TPSA) is 40.6 Å². The number of carbonyl (C=O) groups excluding carboxylic acids is 2. The summed E-state index contributed by atoms with van der Waals surface area (Å²) < 4.78 is 27.0. The van der Waals surface area contributed by atoms with Crippen LogP contribution >= 0.6 is 0 Å². The van der Waals surface area contributed by atoms with E-state index in [9.17, 15) is 18.4 Å². The average molecular weight is 384 g/mol. The van der Waals surface area contributed by atoms with Crippen molar-refractivity contribution in [2.75, 3.05) is 26.2 Å². The number of benzene rings is 2. The summed E-state index contributed by atoms with van der Waals surface area (Å²) in [5, 5.41) is 0. The molecule has 1 aliphatic carbocycles. The van der Waals surface area contributed by atoms with Gasteiger partial charge in [-0.25, -0.2) is 8.78 Å². The zero-order chi connectivity index (χ0) is 19.7. The second kappa shape index (κ2) is 7.70. The Kier molecular flexibility index (Phi) is 5.11. The largest absolute Gasteiger partial charge is 0.341 e. The summed E-state index contributed by atoms with van der Waals surface area (Å²) in [7, 11) is 0. The SMILES string of the molecule is O=C(c1ccccc1F)N1CCCN(C(=O)C2CC2c2ccc(F)cc2)CC1. The summed E-state index contributed by atoms with van der Waals surface area (Å²) >= 11 is 0. The standard InChI is InChI=1S/C22H22F2N2O2/c23-16-8-6-15(7-9-16)18-14-19(18)22(28)26-11-3-10-25(12-13-26)21(27)17-4-1-2-5-20(17)24/h1-2,4-9,18-19H,3,10-14H2. The van der Waals surface area contributed by atoms with Crippen molar-refractivity contribution in [3.63, 3.8) is 0 Å². The minimum Gasteiger partial charge on any atom is -0.341 e. The van der Waals surface area contributed by atoms with Gasteiger partial charge in [-0.3, -0.25) is 9.59 Å². The third-order valence-electron chi connectivity index (χ3n) is 5.60. The molecule has 4 rings (SSSR count). The predicted molar refractivity (Wildman–Crippen MR) is 101 cm³/mol. The van der Waals surface area contributed by atoms with Gasteiger partial charge in [0.05, 0.1) is 5.56 Å². The molecule has 1 heterocycles. The van der Waals surface area contributed by atoms with Gasteiger partial charge >= 0.3 is 0 Å². The van der Waals surface area contributed by atoms with Crippen LogP contribution in [0.4, 0.5) is 8.78 Å². The second-order valence-corrected chi connectivity index (χ2v) is 7.45. The lowest BCUT2D eigenvalue weighted by Gasteiger charge is -2.22. The normalized spacial score (nSPS) is 21.9. The second-order valence-electron chi connectivity index (χ2n) is 7.45. The van der Waals surface area contributed by atoms with Gasteiger partial charge in [-0.1, -0.05) is 24.3 Å². The van der Waals surface area contributed by atoms with E-state index in [-0.39, 0.29) is 35.0 Å². The highest BCUT2D eigenvalue weighted by atomic mass is 19.1. The molecule has 2 fully saturated rings. The van der Waals surface area contributed by atoms with Crippen LogP contribution in [-0.2, 0) is 4.79 Å². The van der Waals surface area contributed by atoms with Gasteiger partial charge < -0.3 is 9.80 Å². The molecule has 1 aliphatic heterocycles. The minimum atomic E-state index is -0.523. The van der Waals surface area contributed by atoms with Crippen molar-refractivity contribution >= 4 is 11.8 Å². The van der Waals surface area contributed by atoms with Crippen LogP contribution in [0.1, 0.15) is 34.7 Å². The number of amides is 2. The molecule has 2 amide bonds. The molecule has 2 unspecified atom stereocenters. The van der Waals surface area contributed by atoms with E-state index in [1.165, 1.54) is 24.3 Å². The number of carbonyl (C=O) groups is 2. The maximum Gasteiger partial charge on any atom is 0.256 e. The lowest BCUT2D eigenvalue weighted by Crippen LogP contribution is -2.38. The van der Waals surface area contributed by atoms with Gasteiger partial charge in [0.15, 0.2) is 0 Å². The molecular formula is C22H22F2N2O2. The quantitative estimate of drug-likeness (QED) is 0.813. The van der Waals surface area contributed by atoms with E-state index in [4.69, 9.17) is 0 Å². The minimum absolute atomic E-state index is 0.0701. The zero-order valence-electron chi connectivity index (χ0n) is 15.5. The Labute approximate surface area is 162 Å². The van der Waals surface area contributed by atoms with Crippen molar-refractivity contribution in [2.24, 2.45) is 5.92 Å². The van der Waals surface area contributed by atoms with Gasteiger partial charge in [0.2, 0.25) is 5.91 Å². The van der Waals surface area contributed by atoms with E-state index < -0.39 is 5.82 Å². The molecule has 2 aromatic carbocycles. The number of rotatable bonds is 3. The maximum absolute atomic E-state index is 13.9. The lowest BCUT2D eigenvalue weighted by atomic mass is 10.1. The molecule has 0 radical (unpaired) electrons. The Balaban J connectivity index is 1.37. The van der Waals surface area contributed by atoms with E-state index in [2.05, 4.69) is 0 Å². The summed E-state index contributed by atoms with van der Waals surface area (Å²) in [6.45, 7) is 1.94. The first-order valence-corrected chi connectivity index (χ1v) is 9.62. The predicted octanol–water partition coefficient (Wildman–Crippen LogP) is 3.44. The molecule has 146 valence electrons. The molecule has 1 saturated carbocycles. The fraction of sp³-hybridized carbons (Fsp3) is 0.364. The first kappa shape index (κ1) is 18.6. The van der Waals surface area contributed by atoms with Crippen molar-refractivity contribution < 1.29 is 18.4 Å². The van der Waals surface area contributed by atoms with Crippen LogP contribution in [0.5, 0.6) is 0 Å². The van der Waals surface area contributed by atoms with Gasteiger partial charge in [-0.15, -0.1) is 0 Å². The Morgan fingerprint density at radius 3 is 2.29 bits per heavy atom. The van der Waals surface area contributed by atoms with Crippen LogP contribution in [0.2, 0.25) is 0 Å². The van der Waals surface area contributed by atoms with Crippen LogP contribution in [0.3, 0.4) is 0 Å². The molecule has 6 heteroatoms. The lowest BCUT2D eigenvalue weighted by molar-refractivity contribution is -0.132. The molecule has 0 bridgehead atoms. The van der Waals surface area contributed by atoms with Crippen molar-refractivity contribution in [1.29, 1.82) is 0 Å². The van der Waals surface area contributed by atoms with Gasteiger partial charge in [0.25, 0.3) is 5.91 Å². The van der Waals surface area contributed by atoms with Crippen molar-refractivity contribution in [3.8, 4) is 0 Å². The smallest absolute Gasteiger partial charge is 0.256 e. The molecule has 0 aromatic heterocycles. The number of halogens is 2. The molecular weight excluding hydrogens is 362 g/mol. The monoisotopic (exact) mass is 384 g/mol. The summed E-state index contributed by atoms with van der Waals surface area (Å²) in [6.07, 6.45) is 1.44. The molecule has 2 aliphatic rings. The average Bonchev–Trinajstić information content (AvgIpc) is 3.51. The molecule has 2 aromatic rings. The van der Waals surface area contributed by atoms with Crippen LogP contribution in [0, 0.1) is 17.6 Å². The molecule has 2 atom stereocenters. The summed E-state index contributed by atoms with van der Waals surface area (Å²) in [5.74, 6) is -0.964. The summed E-state index contributed by atoms with van der Waals surface area (Å²) in [6, 6.07) is 12.3.